The van der Waals surface area contributed by atoms with Crippen molar-refractivity contribution in [3.8, 4) is 0 Å². The van der Waals surface area contributed by atoms with Crippen molar-refractivity contribution in [2.75, 3.05) is 12.4 Å². The smallest absolute Gasteiger partial charge is 0.256 e. The molecule has 0 aliphatic carbocycles. The van der Waals surface area contributed by atoms with E-state index in [4.69, 9.17) is 4.99 Å². The number of hydrogen-bond acceptors (Lipinski definition) is 5. The number of carbonyl (C=O) groups excluding carboxylic acids is 1. The first-order valence-electron chi connectivity index (χ1n) is 10.2. The first-order chi connectivity index (χ1) is 15.2. The van der Waals surface area contributed by atoms with Crippen LogP contribution >= 0.6 is 11.8 Å². The second-order valence-corrected chi connectivity index (χ2v) is 8.46. The molecule has 0 unspecified atom stereocenters. The fourth-order valence-corrected chi connectivity index (χ4v) is 4.85. The van der Waals surface area contributed by atoms with Crippen molar-refractivity contribution in [2.24, 2.45) is 4.99 Å². The van der Waals surface area contributed by atoms with Gasteiger partial charge >= 0.3 is 0 Å². The van der Waals surface area contributed by atoms with Crippen LogP contribution in [-0.4, -0.2) is 23.0 Å². The lowest BCUT2D eigenvalue weighted by molar-refractivity contribution is -0.129. The number of likely N-dealkylation sites (N-methyl/N-ethyl adjacent to an activating group) is 1. The summed E-state index contributed by atoms with van der Waals surface area (Å²) in [5, 5.41) is 8.61. The van der Waals surface area contributed by atoms with Gasteiger partial charge in [0.25, 0.3) is 5.91 Å². The summed E-state index contributed by atoms with van der Waals surface area (Å²) in [6.07, 6.45) is -0.229. The van der Waals surface area contributed by atoms with Crippen LogP contribution in [0.2, 0.25) is 0 Å². The molecule has 0 saturated carbocycles. The predicted molar refractivity (Wildman–Crippen MR) is 126 cm³/mol. The van der Waals surface area contributed by atoms with E-state index in [1.54, 1.807) is 4.90 Å². The van der Waals surface area contributed by atoms with Crippen LogP contribution in [0.1, 0.15) is 23.3 Å². The highest BCUT2D eigenvalue weighted by molar-refractivity contribution is 8.17. The third-order valence-corrected chi connectivity index (χ3v) is 6.37. The van der Waals surface area contributed by atoms with E-state index in [1.807, 2.05) is 98.0 Å². The van der Waals surface area contributed by atoms with Gasteiger partial charge in [0.2, 0.25) is 0 Å². The quantitative estimate of drug-likeness (QED) is 0.625. The third-order valence-electron chi connectivity index (χ3n) is 5.42. The number of nitrogens with one attached hydrogen (secondary N) is 2. The summed E-state index contributed by atoms with van der Waals surface area (Å²) in [5.74, 6) is -0.00790. The summed E-state index contributed by atoms with van der Waals surface area (Å²) < 4.78 is 0. The lowest BCUT2D eigenvalue weighted by Gasteiger charge is -2.40. The number of amidine groups is 1. The van der Waals surface area contributed by atoms with Crippen LogP contribution in [0.15, 0.2) is 107 Å². The van der Waals surface area contributed by atoms with Gasteiger partial charge in [0.1, 0.15) is 12.2 Å². The van der Waals surface area contributed by atoms with E-state index in [1.165, 1.54) is 11.8 Å². The number of rotatable bonds is 3. The highest BCUT2D eigenvalue weighted by atomic mass is 32.2. The Labute approximate surface area is 185 Å². The lowest BCUT2D eigenvalue weighted by atomic mass is 9.96. The Bertz CT molecular complexity index is 1150. The summed E-state index contributed by atoms with van der Waals surface area (Å²) in [6.45, 7) is 0. The van der Waals surface area contributed by atoms with E-state index in [0.29, 0.717) is 5.57 Å². The number of nitrogens with zero attached hydrogens (tertiary/aromatic N) is 2. The molecule has 1 amide bonds. The molecule has 3 aromatic carbocycles. The van der Waals surface area contributed by atoms with Crippen LogP contribution in [0.5, 0.6) is 0 Å². The highest BCUT2D eigenvalue weighted by Gasteiger charge is 2.40. The van der Waals surface area contributed by atoms with E-state index in [0.717, 1.165) is 27.0 Å². The van der Waals surface area contributed by atoms with Gasteiger partial charge in [-0.25, -0.2) is 4.99 Å². The van der Waals surface area contributed by atoms with Crippen LogP contribution in [0.4, 0.5) is 5.69 Å². The Morgan fingerprint density at radius 1 is 0.871 bits per heavy atom. The minimum Gasteiger partial charge on any atom is -0.355 e. The second-order valence-electron chi connectivity index (χ2n) is 7.46. The van der Waals surface area contributed by atoms with Crippen LogP contribution < -0.4 is 10.6 Å². The van der Waals surface area contributed by atoms with E-state index in [2.05, 4.69) is 10.6 Å². The molecule has 0 fully saturated rings. The van der Waals surface area contributed by atoms with Crippen molar-refractivity contribution in [1.82, 2.24) is 10.2 Å². The Hall–Kier alpha value is -3.51. The van der Waals surface area contributed by atoms with Crippen LogP contribution in [0.25, 0.3) is 0 Å². The van der Waals surface area contributed by atoms with Gasteiger partial charge in [-0.1, -0.05) is 78.9 Å². The number of thioether (sulfide) groups is 1. The van der Waals surface area contributed by atoms with Crippen molar-refractivity contribution >= 4 is 28.5 Å². The first-order valence-corrected chi connectivity index (χ1v) is 11.0. The molecular formula is C25H22N4OS. The topological polar surface area (TPSA) is 56.7 Å². The van der Waals surface area contributed by atoms with Crippen molar-refractivity contribution < 1.29 is 4.79 Å². The molecule has 6 heteroatoms. The molecule has 154 valence electrons. The Morgan fingerprint density at radius 2 is 1.45 bits per heavy atom. The standard InChI is InChI=1S/C25H22N4OS/c1-29-22(18-13-7-3-8-14-18)28-23-20(24(29)30)21(17-11-5-2-6-12-17)27-25(31-23)26-19-15-9-4-10-16-19/h2-16,21-22,28H,1H3,(H,26,27)/t21-,22+/m1/s1. The Kier molecular flexibility index (Phi) is 5.22. The van der Waals surface area contributed by atoms with Crippen molar-refractivity contribution in [2.45, 2.75) is 12.2 Å². The largest absolute Gasteiger partial charge is 0.355 e. The van der Waals surface area contributed by atoms with Gasteiger partial charge in [0.05, 0.1) is 10.6 Å². The molecule has 2 N–H and O–H groups in total. The zero-order valence-corrected chi connectivity index (χ0v) is 17.8. The summed E-state index contributed by atoms with van der Waals surface area (Å²) >= 11 is 1.47. The molecule has 2 aliphatic heterocycles. The third kappa shape index (κ3) is 3.82. The minimum atomic E-state index is -0.372. The average molecular weight is 427 g/mol. The highest BCUT2D eigenvalue weighted by Crippen LogP contribution is 2.42. The normalized spacial score (nSPS) is 20.6. The molecule has 2 heterocycles. The lowest BCUT2D eigenvalue weighted by Crippen LogP contribution is -2.47. The fraction of sp³-hybridized carbons (Fsp3) is 0.120. The number of hydrogen-bond donors (Lipinski definition) is 2. The van der Waals surface area contributed by atoms with Crippen molar-refractivity contribution in [3.63, 3.8) is 0 Å². The van der Waals surface area contributed by atoms with Gasteiger partial charge in [-0.2, -0.15) is 0 Å². The molecule has 2 aliphatic rings. The summed E-state index contributed by atoms with van der Waals surface area (Å²) in [4.78, 5) is 20.2. The van der Waals surface area contributed by atoms with Crippen LogP contribution in [0, 0.1) is 0 Å². The summed E-state index contributed by atoms with van der Waals surface area (Å²) in [6, 6.07) is 29.6. The van der Waals surface area contributed by atoms with Gasteiger partial charge < -0.3 is 15.5 Å². The molecular weight excluding hydrogens is 404 g/mol. The fourth-order valence-electron chi connectivity index (χ4n) is 3.86. The van der Waals surface area contributed by atoms with E-state index >= 15 is 0 Å². The minimum absolute atomic E-state index is 0.00790. The maximum atomic E-state index is 13.5. The number of aliphatic imine (C=N–C) groups is 1. The number of para-hydroxylation sites is 1. The second kappa shape index (κ2) is 8.32. The van der Waals surface area contributed by atoms with Crippen molar-refractivity contribution in [1.29, 1.82) is 0 Å². The average Bonchev–Trinajstić information content (AvgIpc) is 2.82. The molecule has 31 heavy (non-hydrogen) atoms. The van der Waals surface area contributed by atoms with E-state index < -0.39 is 0 Å². The zero-order valence-electron chi connectivity index (χ0n) is 17.0. The van der Waals surface area contributed by atoms with Gasteiger partial charge in [-0.15, -0.1) is 0 Å². The molecule has 2 atom stereocenters. The molecule has 0 spiro atoms. The molecule has 5 nitrogen and oxygen atoms in total. The van der Waals surface area contributed by atoms with Crippen molar-refractivity contribution in [3.05, 3.63) is 113 Å². The monoisotopic (exact) mass is 426 g/mol. The Balaban J connectivity index is 1.55. The molecule has 0 aromatic heterocycles. The van der Waals surface area contributed by atoms with Gasteiger partial charge in [0.15, 0.2) is 5.17 Å². The summed E-state index contributed by atoms with van der Waals surface area (Å²) in [5.41, 5.74) is 3.68. The number of carbonyl (C=O) groups is 1. The molecule has 0 saturated heterocycles. The molecule has 0 radical (unpaired) electrons. The maximum absolute atomic E-state index is 13.5. The van der Waals surface area contributed by atoms with Gasteiger partial charge in [-0.3, -0.25) is 4.79 Å². The number of anilines is 1. The zero-order chi connectivity index (χ0) is 21.2. The van der Waals surface area contributed by atoms with Crippen LogP contribution in [0.3, 0.4) is 0 Å². The summed E-state index contributed by atoms with van der Waals surface area (Å²) in [7, 11) is 1.84. The first kappa shape index (κ1) is 19.5. The molecule has 3 aromatic rings. The van der Waals surface area contributed by atoms with Gasteiger partial charge in [-0.05, 0) is 35.0 Å². The maximum Gasteiger partial charge on any atom is 0.256 e. The number of amides is 1. The number of benzene rings is 3. The predicted octanol–water partition coefficient (Wildman–Crippen LogP) is 4.91. The molecule has 5 rings (SSSR count). The molecule has 0 bridgehead atoms. The Morgan fingerprint density at radius 3 is 2.10 bits per heavy atom. The van der Waals surface area contributed by atoms with E-state index in [-0.39, 0.29) is 18.1 Å². The van der Waals surface area contributed by atoms with Crippen LogP contribution in [-0.2, 0) is 4.79 Å². The van der Waals surface area contributed by atoms with Gasteiger partial charge in [0, 0.05) is 12.7 Å². The van der Waals surface area contributed by atoms with E-state index in [9.17, 15) is 4.79 Å². The SMILES string of the molecule is CN1C(=O)C2=C(N[C@@H]1c1ccccc1)SC(Nc1ccccc1)=N[C@@H]2c1ccccc1.